The number of nitrogens with two attached hydrogens (primary N) is 1. The van der Waals surface area contributed by atoms with E-state index in [9.17, 15) is 5.11 Å². The number of aromatic hydroxyl groups is 1. The molecule has 1 aromatic heterocycles. The molecule has 1 aromatic carbocycles. The predicted molar refractivity (Wildman–Crippen MR) is 63.4 cm³/mol. The lowest BCUT2D eigenvalue weighted by atomic mass is 10.2. The van der Waals surface area contributed by atoms with Gasteiger partial charge in [0.25, 0.3) is 0 Å². The Morgan fingerprint density at radius 1 is 1.47 bits per heavy atom. The van der Waals surface area contributed by atoms with Crippen LogP contribution in [0, 0.1) is 0 Å². The molecule has 0 radical (unpaired) electrons. The summed E-state index contributed by atoms with van der Waals surface area (Å²) in [5.74, 6) is 0.723. The van der Waals surface area contributed by atoms with Crippen molar-refractivity contribution in [2.45, 2.75) is 6.54 Å². The molecule has 0 atom stereocenters. The standard InChI is InChI=1S/C11H14N4O2/c1-17-5-4-15-7-13-14-11(15)8-2-3-9(12)10(16)6-8/h2-3,6-7,16H,4-5,12H2,1H3. The molecule has 0 aliphatic heterocycles. The minimum Gasteiger partial charge on any atom is -0.506 e. The van der Waals surface area contributed by atoms with Crippen LogP contribution in [0.5, 0.6) is 5.75 Å². The second kappa shape index (κ2) is 4.84. The molecule has 0 bridgehead atoms. The summed E-state index contributed by atoms with van der Waals surface area (Å²) in [5, 5.41) is 17.4. The van der Waals surface area contributed by atoms with Crippen molar-refractivity contribution in [3.8, 4) is 17.1 Å². The minimum absolute atomic E-state index is 0.0452. The van der Waals surface area contributed by atoms with E-state index in [4.69, 9.17) is 10.5 Å². The number of benzene rings is 1. The maximum atomic E-state index is 9.56. The van der Waals surface area contributed by atoms with Crippen LogP contribution in [-0.4, -0.2) is 33.6 Å². The van der Waals surface area contributed by atoms with Gasteiger partial charge in [0.2, 0.25) is 0 Å². The largest absolute Gasteiger partial charge is 0.506 e. The minimum atomic E-state index is 0.0452. The highest BCUT2D eigenvalue weighted by Crippen LogP contribution is 2.26. The van der Waals surface area contributed by atoms with Crippen molar-refractivity contribution in [2.75, 3.05) is 19.5 Å². The number of methoxy groups -OCH3 is 1. The zero-order valence-electron chi connectivity index (χ0n) is 9.50. The van der Waals surface area contributed by atoms with Gasteiger partial charge in [0.15, 0.2) is 5.82 Å². The first-order valence-corrected chi connectivity index (χ1v) is 5.18. The molecule has 2 rings (SSSR count). The monoisotopic (exact) mass is 234 g/mol. The summed E-state index contributed by atoms with van der Waals surface area (Å²) in [5.41, 5.74) is 6.66. The Morgan fingerprint density at radius 3 is 3.00 bits per heavy atom. The summed E-state index contributed by atoms with van der Waals surface area (Å²) in [6, 6.07) is 5.00. The molecule has 0 spiro atoms. The number of nitrogens with zero attached hydrogens (tertiary/aromatic N) is 3. The second-order valence-electron chi connectivity index (χ2n) is 3.61. The smallest absolute Gasteiger partial charge is 0.163 e. The van der Waals surface area contributed by atoms with Crippen molar-refractivity contribution >= 4 is 5.69 Å². The number of rotatable bonds is 4. The van der Waals surface area contributed by atoms with E-state index < -0.39 is 0 Å². The Labute approximate surface area is 98.7 Å². The zero-order valence-corrected chi connectivity index (χ0v) is 9.50. The summed E-state index contributed by atoms with van der Waals surface area (Å²) in [6.45, 7) is 1.23. The molecule has 17 heavy (non-hydrogen) atoms. The Kier molecular flexibility index (Phi) is 3.24. The number of phenolic OH excluding ortho intramolecular Hbond substituents is 1. The first-order chi connectivity index (χ1) is 8.22. The van der Waals surface area contributed by atoms with Crippen LogP contribution in [0.4, 0.5) is 5.69 Å². The first-order valence-electron chi connectivity index (χ1n) is 5.18. The Morgan fingerprint density at radius 2 is 2.29 bits per heavy atom. The molecule has 6 nitrogen and oxygen atoms in total. The summed E-state index contributed by atoms with van der Waals surface area (Å²) < 4.78 is 6.86. The van der Waals surface area contributed by atoms with Gasteiger partial charge < -0.3 is 20.1 Å². The van der Waals surface area contributed by atoms with E-state index in [1.165, 1.54) is 0 Å². The van der Waals surface area contributed by atoms with E-state index in [-0.39, 0.29) is 5.75 Å². The fourth-order valence-corrected chi connectivity index (χ4v) is 1.51. The average molecular weight is 234 g/mol. The number of aromatic nitrogens is 3. The van der Waals surface area contributed by atoms with E-state index in [1.807, 2.05) is 4.57 Å². The Hall–Kier alpha value is -2.08. The van der Waals surface area contributed by atoms with Crippen LogP contribution in [0.15, 0.2) is 24.5 Å². The number of hydrogen-bond donors (Lipinski definition) is 2. The van der Waals surface area contributed by atoms with Crippen LogP contribution in [0.2, 0.25) is 0 Å². The van der Waals surface area contributed by atoms with Gasteiger partial charge in [0, 0.05) is 19.2 Å². The topological polar surface area (TPSA) is 86.2 Å². The predicted octanol–water partition coefficient (Wildman–Crippen LogP) is 0.879. The van der Waals surface area contributed by atoms with Gasteiger partial charge in [-0.1, -0.05) is 0 Å². The third-order valence-corrected chi connectivity index (χ3v) is 2.44. The second-order valence-corrected chi connectivity index (χ2v) is 3.61. The quantitative estimate of drug-likeness (QED) is 0.605. The van der Waals surface area contributed by atoms with E-state index in [1.54, 1.807) is 31.6 Å². The SMILES string of the molecule is COCCn1cnnc1-c1ccc(N)c(O)c1. The normalized spacial score (nSPS) is 10.6. The van der Waals surface area contributed by atoms with Crippen molar-refractivity contribution in [3.63, 3.8) is 0 Å². The molecule has 0 amide bonds. The van der Waals surface area contributed by atoms with E-state index in [2.05, 4.69) is 10.2 Å². The molecule has 90 valence electrons. The number of anilines is 1. The fraction of sp³-hybridized carbons (Fsp3) is 0.273. The van der Waals surface area contributed by atoms with Crippen LogP contribution in [0.3, 0.4) is 0 Å². The van der Waals surface area contributed by atoms with Crippen molar-refractivity contribution in [3.05, 3.63) is 24.5 Å². The van der Waals surface area contributed by atoms with E-state index in [0.29, 0.717) is 24.7 Å². The van der Waals surface area contributed by atoms with Gasteiger partial charge in [-0.2, -0.15) is 0 Å². The van der Waals surface area contributed by atoms with Gasteiger partial charge in [-0.3, -0.25) is 0 Å². The molecule has 0 saturated carbocycles. The van der Waals surface area contributed by atoms with Crippen LogP contribution >= 0.6 is 0 Å². The number of nitrogen functional groups attached to an aromatic ring is 1. The molecular formula is C11H14N4O2. The molecule has 0 unspecified atom stereocenters. The lowest BCUT2D eigenvalue weighted by molar-refractivity contribution is 0.187. The maximum absolute atomic E-state index is 9.56. The van der Waals surface area contributed by atoms with Gasteiger partial charge in [-0.15, -0.1) is 10.2 Å². The van der Waals surface area contributed by atoms with Gasteiger partial charge in [0.1, 0.15) is 12.1 Å². The summed E-state index contributed by atoms with van der Waals surface area (Å²) in [6.07, 6.45) is 1.63. The third-order valence-electron chi connectivity index (χ3n) is 2.44. The highest BCUT2D eigenvalue weighted by molar-refractivity contribution is 5.64. The summed E-state index contributed by atoms with van der Waals surface area (Å²) in [7, 11) is 1.64. The Balaban J connectivity index is 2.32. The van der Waals surface area contributed by atoms with Gasteiger partial charge >= 0.3 is 0 Å². The molecular weight excluding hydrogens is 220 g/mol. The average Bonchev–Trinajstić information content (AvgIpc) is 2.78. The van der Waals surface area contributed by atoms with E-state index in [0.717, 1.165) is 5.56 Å². The van der Waals surface area contributed by atoms with E-state index >= 15 is 0 Å². The molecule has 2 aromatic rings. The van der Waals surface area contributed by atoms with Crippen LogP contribution < -0.4 is 5.73 Å². The highest BCUT2D eigenvalue weighted by Gasteiger charge is 2.08. The molecule has 1 heterocycles. The van der Waals surface area contributed by atoms with Crippen LogP contribution in [0.25, 0.3) is 11.4 Å². The fourth-order valence-electron chi connectivity index (χ4n) is 1.51. The lowest BCUT2D eigenvalue weighted by Crippen LogP contribution is -2.04. The highest BCUT2D eigenvalue weighted by atomic mass is 16.5. The number of phenols is 1. The van der Waals surface area contributed by atoms with Gasteiger partial charge in [0.05, 0.1) is 12.3 Å². The summed E-state index contributed by atoms with van der Waals surface area (Å²) in [4.78, 5) is 0. The molecule has 3 N–H and O–H groups in total. The van der Waals surface area contributed by atoms with Crippen molar-refractivity contribution in [1.82, 2.24) is 14.8 Å². The molecule has 0 fully saturated rings. The molecule has 0 aliphatic rings. The zero-order chi connectivity index (χ0) is 12.3. The van der Waals surface area contributed by atoms with Crippen LogP contribution in [-0.2, 0) is 11.3 Å². The number of hydrogen-bond acceptors (Lipinski definition) is 5. The molecule has 6 heteroatoms. The molecule has 0 saturated heterocycles. The van der Waals surface area contributed by atoms with Gasteiger partial charge in [-0.25, -0.2) is 0 Å². The molecule has 0 aliphatic carbocycles. The van der Waals surface area contributed by atoms with Gasteiger partial charge in [-0.05, 0) is 18.2 Å². The maximum Gasteiger partial charge on any atom is 0.163 e. The van der Waals surface area contributed by atoms with Crippen LogP contribution in [0.1, 0.15) is 0 Å². The van der Waals surface area contributed by atoms with Crippen molar-refractivity contribution in [1.29, 1.82) is 0 Å². The lowest BCUT2D eigenvalue weighted by Gasteiger charge is -2.06. The number of ether oxygens (including phenoxy) is 1. The van der Waals surface area contributed by atoms with Crippen molar-refractivity contribution < 1.29 is 9.84 Å². The van der Waals surface area contributed by atoms with Crippen molar-refractivity contribution in [2.24, 2.45) is 0 Å². The third kappa shape index (κ3) is 2.36. The summed E-state index contributed by atoms with van der Waals surface area (Å²) >= 11 is 0. The Bertz CT molecular complexity index is 510. The first kappa shape index (κ1) is 11.4.